The number of hydrogen-bond donors (Lipinski definition) is 2. The molecule has 3 amide bonds. The van der Waals surface area contributed by atoms with Gasteiger partial charge < -0.3 is 15.5 Å². The first-order valence-corrected chi connectivity index (χ1v) is 10.3. The number of likely N-dealkylation sites (tertiary alicyclic amines) is 1. The number of para-hydroxylation sites is 1. The quantitative estimate of drug-likeness (QED) is 0.654. The Balaban J connectivity index is 1.60. The van der Waals surface area contributed by atoms with Crippen LogP contribution in [0.15, 0.2) is 48.5 Å². The summed E-state index contributed by atoms with van der Waals surface area (Å²) in [6, 6.07) is 10.5. The Kier molecular flexibility index (Phi) is 7.17. The van der Waals surface area contributed by atoms with Crippen molar-refractivity contribution in [1.29, 1.82) is 0 Å². The van der Waals surface area contributed by atoms with Crippen LogP contribution >= 0.6 is 0 Å². The predicted octanol–water partition coefficient (Wildman–Crippen LogP) is 4.54. The summed E-state index contributed by atoms with van der Waals surface area (Å²) in [5.74, 6) is -1.47. The Morgan fingerprint density at radius 2 is 1.75 bits per heavy atom. The van der Waals surface area contributed by atoms with Crippen LogP contribution in [0.1, 0.15) is 42.1 Å². The van der Waals surface area contributed by atoms with E-state index in [0.29, 0.717) is 18.8 Å². The summed E-state index contributed by atoms with van der Waals surface area (Å²) in [6.45, 7) is 3.05. The molecule has 1 heterocycles. The van der Waals surface area contributed by atoms with Crippen molar-refractivity contribution in [1.82, 2.24) is 4.90 Å². The number of unbranched alkanes of at least 4 members (excludes halogenated alkanes) is 1. The molecular weight excluding hydrogens is 423 g/mol. The van der Waals surface area contributed by atoms with Crippen LogP contribution in [0.2, 0.25) is 0 Å². The highest BCUT2D eigenvalue weighted by Crippen LogP contribution is 2.34. The van der Waals surface area contributed by atoms with E-state index in [1.807, 2.05) is 6.92 Å². The summed E-state index contributed by atoms with van der Waals surface area (Å²) in [7, 11) is 0. The molecule has 1 aliphatic heterocycles. The van der Waals surface area contributed by atoms with Gasteiger partial charge in [0.1, 0.15) is 0 Å². The normalized spacial score (nSPS) is 16.2. The fourth-order valence-electron chi connectivity index (χ4n) is 3.50. The number of rotatable bonds is 7. The molecular formula is C23H24F3N3O3. The monoisotopic (exact) mass is 447 g/mol. The van der Waals surface area contributed by atoms with Crippen LogP contribution in [0.25, 0.3) is 0 Å². The number of hydrogen-bond acceptors (Lipinski definition) is 3. The highest BCUT2D eigenvalue weighted by Gasteiger charge is 2.34. The molecule has 2 aromatic carbocycles. The molecule has 9 heteroatoms. The van der Waals surface area contributed by atoms with Crippen LogP contribution in [0.3, 0.4) is 0 Å². The third kappa shape index (κ3) is 5.66. The second-order valence-electron chi connectivity index (χ2n) is 7.66. The number of nitrogens with zero attached hydrogens (tertiary/aromatic N) is 1. The summed E-state index contributed by atoms with van der Waals surface area (Å²) in [6.07, 6.45) is -2.58. The van der Waals surface area contributed by atoms with Gasteiger partial charge in [0, 0.05) is 30.8 Å². The third-order valence-corrected chi connectivity index (χ3v) is 5.26. The van der Waals surface area contributed by atoms with E-state index in [2.05, 4.69) is 10.6 Å². The molecule has 0 aliphatic carbocycles. The van der Waals surface area contributed by atoms with Gasteiger partial charge in [-0.2, -0.15) is 13.2 Å². The topological polar surface area (TPSA) is 78.5 Å². The van der Waals surface area contributed by atoms with Crippen LogP contribution in [0.4, 0.5) is 24.5 Å². The number of halogens is 3. The van der Waals surface area contributed by atoms with E-state index in [1.165, 1.54) is 42.5 Å². The molecule has 6 nitrogen and oxygen atoms in total. The van der Waals surface area contributed by atoms with E-state index in [9.17, 15) is 27.6 Å². The second kappa shape index (κ2) is 9.84. The van der Waals surface area contributed by atoms with Crippen LogP contribution in [-0.4, -0.2) is 35.7 Å². The van der Waals surface area contributed by atoms with Gasteiger partial charge >= 0.3 is 6.18 Å². The minimum atomic E-state index is -4.59. The minimum Gasteiger partial charge on any atom is -0.342 e. The Morgan fingerprint density at radius 3 is 2.41 bits per heavy atom. The van der Waals surface area contributed by atoms with Gasteiger partial charge in [0.05, 0.1) is 17.2 Å². The summed E-state index contributed by atoms with van der Waals surface area (Å²) in [5, 5.41) is 5.00. The lowest BCUT2D eigenvalue weighted by Crippen LogP contribution is -2.29. The van der Waals surface area contributed by atoms with Crippen molar-refractivity contribution < 1.29 is 27.6 Å². The number of carbonyl (C=O) groups is 3. The lowest BCUT2D eigenvalue weighted by Gasteiger charge is -2.16. The molecule has 0 unspecified atom stereocenters. The number of nitrogens with one attached hydrogen (secondary N) is 2. The van der Waals surface area contributed by atoms with Crippen LogP contribution in [0, 0.1) is 5.92 Å². The maximum Gasteiger partial charge on any atom is 0.418 e. The van der Waals surface area contributed by atoms with Crippen molar-refractivity contribution in [3.05, 3.63) is 59.7 Å². The highest BCUT2D eigenvalue weighted by atomic mass is 19.4. The Hall–Kier alpha value is -3.36. The molecule has 0 radical (unpaired) electrons. The molecule has 2 aromatic rings. The van der Waals surface area contributed by atoms with E-state index in [4.69, 9.17) is 0 Å². The van der Waals surface area contributed by atoms with Crippen molar-refractivity contribution in [2.45, 2.75) is 32.4 Å². The Morgan fingerprint density at radius 1 is 1.06 bits per heavy atom. The summed E-state index contributed by atoms with van der Waals surface area (Å²) >= 11 is 0. The average Bonchev–Trinajstić information content (AvgIpc) is 3.13. The van der Waals surface area contributed by atoms with Crippen LogP contribution < -0.4 is 10.6 Å². The van der Waals surface area contributed by atoms with Gasteiger partial charge in [0.15, 0.2) is 0 Å². The summed E-state index contributed by atoms with van der Waals surface area (Å²) in [4.78, 5) is 38.6. The second-order valence-corrected chi connectivity index (χ2v) is 7.66. The van der Waals surface area contributed by atoms with Crippen molar-refractivity contribution in [2.75, 3.05) is 23.7 Å². The zero-order valence-electron chi connectivity index (χ0n) is 17.5. The molecule has 1 fully saturated rings. The van der Waals surface area contributed by atoms with E-state index in [0.717, 1.165) is 18.9 Å². The van der Waals surface area contributed by atoms with Gasteiger partial charge in [0.2, 0.25) is 11.8 Å². The van der Waals surface area contributed by atoms with Crippen molar-refractivity contribution in [2.24, 2.45) is 5.92 Å². The predicted molar refractivity (Wildman–Crippen MR) is 114 cm³/mol. The number of benzene rings is 2. The Labute approximate surface area is 183 Å². The number of alkyl halides is 3. The van der Waals surface area contributed by atoms with E-state index < -0.39 is 23.6 Å². The van der Waals surface area contributed by atoms with E-state index in [1.54, 1.807) is 4.90 Å². The number of amides is 3. The molecule has 32 heavy (non-hydrogen) atoms. The smallest absolute Gasteiger partial charge is 0.342 e. The number of anilines is 2. The lowest BCUT2D eigenvalue weighted by molar-refractivity contribution is -0.137. The van der Waals surface area contributed by atoms with Gasteiger partial charge in [-0.25, -0.2) is 0 Å². The third-order valence-electron chi connectivity index (χ3n) is 5.26. The van der Waals surface area contributed by atoms with E-state index in [-0.39, 0.29) is 29.5 Å². The molecule has 1 saturated heterocycles. The van der Waals surface area contributed by atoms with Crippen LogP contribution in [0.5, 0.6) is 0 Å². The van der Waals surface area contributed by atoms with Gasteiger partial charge in [-0.15, -0.1) is 0 Å². The van der Waals surface area contributed by atoms with Crippen molar-refractivity contribution >= 4 is 29.1 Å². The van der Waals surface area contributed by atoms with Gasteiger partial charge in [-0.3, -0.25) is 14.4 Å². The molecule has 3 rings (SSSR count). The maximum absolute atomic E-state index is 13.1. The molecule has 0 spiro atoms. The molecule has 0 saturated carbocycles. The first-order chi connectivity index (χ1) is 15.2. The number of carbonyl (C=O) groups excluding carboxylic acids is 3. The molecule has 2 N–H and O–H groups in total. The molecule has 170 valence electrons. The Bertz CT molecular complexity index is 990. The highest BCUT2D eigenvalue weighted by molar-refractivity contribution is 6.05. The molecule has 1 atom stereocenters. The van der Waals surface area contributed by atoms with Gasteiger partial charge in [-0.05, 0) is 42.8 Å². The summed E-state index contributed by atoms with van der Waals surface area (Å²) in [5.41, 5.74) is -0.694. The first-order valence-electron chi connectivity index (χ1n) is 10.3. The molecule has 0 aromatic heterocycles. The zero-order valence-corrected chi connectivity index (χ0v) is 17.5. The van der Waals surface area contributed by atoms with Gasteiger partial charge in [-0.1, -0.05) is 25.5 Å². The largest absolute Gasteiger partial charge is 0.418 e. The van der Waals surface area contributed by atoms with Crippen molar-refractivity contribution in [3.63, 3.8) is 0 Å². The fraction of sp³-hybridized carbons (Fsp3) is 0.348. The maximum atomic E-state index is 13.1. The first kappa shape index (κ1) is 23.3. The van der Waals surface area contributed by atoms with Gasteiger partial charge in [0.25, 0.3) is 5.91 Å². The average molecular weight is 447 g/mol. The van der Waals surface area contributed by atoms with Crippen molar-refractivity contribution in [3.8, 4) is 0 Å². The SMILES string of the molecule is CCCCN1C[C@H](C(=O)Nc2ccc(C(=O)Nc3ccccc3C(F)(F)F)cc2)CC1=O. The standard InChI is InChI=1S/C23H24F3N3O3/c1-2-3-12-29-14-16(13-20(29)30)22(32)27-17-10-8-15(9-11-17)21(31)28-19-7-5-4-6-18(19)23(24,25)26/h4-11,16H,2-3,12-14H2,1H3,(H,27,32)(H,28,31)/t16-/m1/s1. The lowest BCUT2D eigenvalue weighted by atomic mass is 10.1. The zero-order chi connectivity index (χ0) is 23.3. The molecule has 1 aliphatic rings. The van der Waals surface area contributed by atoms with Crippen LogP contribution in [-0.2, 0) is 15.8 Å². The van der Waals surface area contributed by atoms with E-state index >= 15 is 0 Å². The fourth-order valence-corrected chi connectivity index (χ4v) is 3.50. The minimum absolute atomic E-state index is 0.0373. The molecule has 0 bridgehead atoms. The summed E-state index contributed by atoms with van der Waals surface area (Å²) < 4.78 is 39.3.